The van der Waals surface area contributed by atoms with Gasteiger partial charge in [-0.25, -0.2) is 9.50 Å². The molecule has 136 valence electrons. The molecule has 1 amide bonds. The lowest BCUT2D eigenvalue weighted by molar-refractivity contribution is 0.0727. The molecule has 4 rings (SSSR count). The van der Waals surface area contributed by atoms with Gasteiger partial charge in [-0.15, -0.1) is 11.3 Å². The van der Waals surface area contributed by atoms with Crippen molar-refractivity contribution in [1.29, 1.82) is 0 Å². The van der Waals surface area contributed by atoms with E-state index in [2.05, 4.69) is 33.4 Å². The van der Waals surface area contributed by atoms with Crippen molar-refractivity contribution < 1.29 is 4.79 Å². The molecule has 0 aliphatic rings. The van der Waals surface area contributed by atoms with Crippen LogP contribution in [0.1, 0.15) is 32.2 Å². The summed E-state index contributed by atoms with van der Waals surface area (Å²) in [4.78, 5) is 25.1. The van der Waals surface area contributed by atoms with Crippen molar-refractivity contribution in [2.24, 2.45) is 0 Å². The number of pyridine rings is 1. The SMILES string of the molecule is Cc1ccsc1CN(Cc1ccccn1)C(=O)c1cnc2ccnn2c1C. The first-order valence-corrected chi connectivity index (χ1v) is 9.53. The van der Waals surface area contributed by atoms with Crippen LogP contribution in [0.25, 0.3) is 5.65 Å². The lowest BCUT2D eigenvalue weighted by Gasteiger charge is -2.23. The number of thiophene rings is 1. The number of aryl methyl sites for hydroxylation is 2. The second kappa shape index (κ2) is 7.28. The summed E-state index contributed by atoms with van der Waals surface area (Å²) in [6.07, 6.45) is 5.07. The van der Waals surface area contributed by atoms with E-state index in [9.17, 15) is 4.79 Å². The second-order valence-corrected chi connectivity index (χ2v) is 7.37. The van der Waals surface area contributed by atoms with Crippen molar-refractivity contribution in [2.75, 3.05) is 0 Å². The average Bonchev–Trinajstić information content (AvgIpc) is 3.31. The second-order valence-electron chi connectivity index (χ2n) is 6.37. The predicted molar refractivity (Wildman–Crippen MR) is 105 cm³/mol. The molecule has 0 unspecified atom stereocenters. The summed E-state index contributed by atoms with van der Waals surface area (Å²) in [5, 5.41) is 6.32. The molecule has 0 aliphatic carbocycles. The Morgan fingerprint density at radius 3 is 2.74 bits per heavy atom. The van der Waals surface area contributed by atoms with E-state index in [4.69, 9.17) is 0 Å². The average molecular weight is 377 g/mol. The molecule has 4 aromatic heterocycles. The van der Waals surface area contributed by atoms with Crippen LogP contribution in [0, 0.1) is 13.8 Å². The molecule has 7 heteroatoms. The van der Waals surface area contributed by atoms with Crippen LogP contribution >= 0.6 is 11.3 Å². The summed E-state index contributed by atoms with van der Waals surface area (Å²) in [6.45, 7) is 4.94. The number of carbonyl (C=O) groups is 1. The van der Waals surface area contributed by atoms with Gasteiger partial charge in [-0.3, -0.25) is 9.78 Å². The van der Waals surface area contributed by atoms with Gasteiger partial charge in [-0.2, -0.15) is 5.10 Å². The first-order chi connectivity index (χ1) is 13.1. The van der Waals surface area contributed by atoms with Crippen LogP contribution < -0.4 is 0 Å². The van der Waals surface area contributed by atoms with Gasteiger partial charge in [0.05, 0.1) is 36.2 Å². The zero-order valence-electron chi connectivity index (χ0n) is 15.2. The molecule has 0 spiro atoms. The van der Waals surface area contributed by atoms with E-state index in [1.807, 2.05) is 36.1 Å². The molecular formula is C20H19N5OS. The van der Waals surface area contributed by atoms with E-state index in [0.29, 0.717) is 18.7 Å². The van der Waals surface area contributed by atoms with Crippen molar-refractivity contribution >= 4 is 22.9 Å². The van der Waals surface area contributed by atoms with Crippen molar-refractivity contribution in [1.82, 2.24) is 24.5 Å². The number of nitrogens with zero attached hydrogens (tertiary/aromatic N) is 5. The molecular weight excluding hydrogens is 358 g/mol. The maximum atomic E-state index is 13.4. The Balaban J connectivity index is 1.70. The van der Waals surface area contributed by atoms with Crippen LogP contribution in [-0.4, -0.2) is 30.4 Å². The van der Waals surface area contributed by atoms with Crippen molar-refractivity contribution in [3.63, 3.8) is 0 Å². The smallest absolute Gasteiger partial charge is 0.257 e. The van der Waals surface area contributed by atoms with Crippen LogP contribution in [0.5, 0.6) is 0 Å². The number of hydrogen-bond donors (Lipinski definition) is 0. The third-order valence-corrected chi connectivity index (χ3v) is 5.56. The van der Waals surface area contributed by atoms with Gasteiger partial charge in [0, 0.05) is 23.3 Å². The predicted octanol–water partition coefficient (Wildman–Crippen LogP) is 3.65. The molecule has 0 saturated carbocycles. The van der Waals surface area contributed by atoms with Gasteiger partial charge in [-0.05, 0) is 43.0 Å². The largest absolute Gasteiger partial charge is 0.327 e. The Morgan fingerprint density at radius 1 is 1.11 bits per heavy atom. The summed E-state index contributed by atoms with van der Waals surface area (Å²) in [6, 6.07) is 9.64. The molecule has 6 nitrogen and oxygen atoms in total. The zero-order valence-corrected chi connectivity index (χ0v) is 16.0. The first kappa shape index (κ1) is 17.4. The lowest BCUT2D eigenvalue weighted by atomic mass is 10.2. The van der Waals surface area contributed by atoms with Crippen molar-refractivity contribution in [2.45, 2.75) is 26.9 Å². The number of amides is 1. The number of fused-ring (bicyclic) bond motifs is 1. The normalized spacial score (nSPS) is 11.0. The fourth-order valence-corrected chi connectivity index (χ4v) is 3.92. The molecule has 0 saturated heterocycles. The third kappa shape index (κ3) is 3.46. The van der Waals surface area contributed by atoms with E-state index in [1.54, 1.807) is 34.4 Å². The molecule has 0 aliphatic heterocycles. The number of hydrogen-bond acceptors (Lipinski definition) is 5. The minimum Gasteiger partial charge on any atom is -0.327 e. The maximum absolute atomic E-state index is 13.4. The Bertz CT molecular complexity index is 1090. The topological polar surface area (TPSA) is 63.4 Å². The van der Waals surface area contributed by atoms with Gasteiger partial charge >= 0.3 is 0 Å². The fraction of sp³-hybridized carbons (Fsp3) is 0.200. The Morgan fingerprint density at radius 2 is 2.00 bits per heavy atom. The van der Waals surface area contributed by atoms with Crippen LogP contribution in [0.4, 0.5) is 0 Å². The summed E-state index contributed by atoms with van der Waals surface area (Å²) in [5.41, 5.74) is 4.11. The molecule has 0 aromatic carbocycles. The first-order valence-electron chi connectivity index (χ1n) is 8.65. The molecule has 0 bridgehead atoms. The Kier molecular flexibility index (Phi) is 4.68. The van der Waals surface area contributed by atoms with Crippen molar-refractivity contribution in [3.05, 3.63) is 81.7 Å². The zero-order chi connectivity index (χ0) is 18.8. The third-order valence-electron chi connectivity index (χ3n) is 4.56. The van der Waals surface area contributed by atoms with Crippen molar-refractivity contribution in [3.8, 4) is 0 Å². The molecule has 0 fully saturated rings. The van der Waals surface area contributed by atoms with Gasteiger partial charge < -0.3 is 4.90 Å². The number of rotatable bonds is 5. The van der Waals surface area contributed by atoms with Gasteiger partial charge in [0.1, 0.15) is 0 Å². The summed E-state index contributed by atoms with van der Waals surface area (Å²) >= 11 is 1.66. The maximum Gasteiger partial charge on any atom is 0.257 e. The van der Waals surface area contributed by atoms with Crippen LogP contribution in [0.3, 0.4) is 0 Å². The molecule has 4 aromatic rings. The Hall–Kier alpha value is -3.06. The quantitative estimate of drug-likeness (QED) is 0.533. The lowest BCUT2D eigenvalue weighted by Crippen LogP contribution is -2.31. The molecule has 4 heterocycles. The molecule has 27 heavy (non-hydrogen) atoms. The standard InChI is InChI=1S/C20H19N5OS/c1-14-7-10-27-18(14)13-24(12-16-5-3-4-8-21-16)20(26)17-11-22-19-6-9-23-25(19)15(17)2/h3-11H,12-13H2,1-2H3. The van der Waals surface area contributed by atoms with Crippen LogP contribution in [0.15, 0.2) is 54.3 Å². The number of carbonyl (C=O) groups excluding carboxylic acids is 1. The van der Waals surface area contributed by atoms with Crippen LogP contribution in [0.2, 0.25) is 0 Å². The molecule has 0 atom stereocenters. The summed E-state index contributed by atoms with van der Waals surface area (Å²) in [7, 11) is 0. The van der Waals surface area contributed by atoms with E-state index >= 15 is 0 Å². The van der Waals surface area contributed by atoms with E-state index in [1.165, 1.54) is 10.4 Å². The highest BCUT2D eigenvalue weighted by Crippen LogP contribution is 2.21. The van der Waals surface area contributed by atoms with E-state index in [0.717, 1.165) is 17.0 Å². The minimum atomic E-state index is -0.0733. The van der Waals surface area contributed by atoms with E-state index in [-0.39, 0.29) is 5.91 Å². The van der Waals surface area contributed by atoms with Crippen LogP contribution in [-0.2, 0) is 13.1 Å². The van der Waals surface area contributed by atoms with Gasteiger partial charge in [-0.1, -0.05) is 6.07 Å². The Labute approximate surface area is 161 Å². The highest BCUT2D eigenvalue weighted by atomic mass is 32.1. The number of aromatic nitrogens is 4. The summed E-state index contributed by atoms with van der Waals surface area (Å²) in [5.74, 6) is -0.0733. The van der Waals surface area contributed by atoms with E-state index < -0.39 is 0 Å². The minimum absolute atomic E-state index is 0.0733. The van der Waals surface area contributed by atoms with Gasteiger partial charge in [0.15, 0.2) is 5.65 Å². The monoisotopic (exact) mass is 377 g/mol. The highest BCUT2D eigenvalue weighted by molar-refractivity contribution is 7.10. The summed E-state index contributed by atoms with van der Waals surface area (Å²) < 4.78 is 1.70. The highest BCUT2D eigenvalue weighted by Gasteiger charge is 2.22. The van der Waals surface area contributed by atoms with Gasteiger partial charge in [0.25, 0.3) is 5.91 Å². The fourth-order valence-electron chi connectivity index (χ4n) is 3.00. The molecule has 0 radical (unpaired) electrons. The molecule has 0 N–H and O–H groups in total. The van der Waals surface area contributed by atoms with Gasteiger partial charge in [0.2, 0.25) is 0 Å².